The molecule has 1 aliphatic carbocycles. The van der Waals surface area contributed by atoms with Gasteiger partial charge in [-0.25, -0.2) is 0 Å². The van der Waals surface area contributed by atoms with E-state index in [4.69, 9.17) is 4.74 Å². The Labute approximate surface area is 145 Å². The molecule has 0 heterocycles. The summed E-state index contributed by atoms with van der Waals surface area (Å²) in [5.74, 6) is -0.985. The maximum absolute atomic E-state index is 12.7. The quantitative estimate of drug-likeness (QED) is 0.558. The van der Waals surface area contributed by atoms with Gasteiger partial charge in [-0.1, -0.05) is 50.3 Å². The highest BCUT2D eigenvalue weighted by Crippen LogP contribution is 2.31. The third kappa shape index (κ3) is 4.92. The fraction of sp³-hybridized carbons (Fsp3) is 0.550. The molecule has 4 heteroatoms. The molecule has 0 spiro atoms. The minimum atomic E-state index is -0.796. The van der Waals surface area contributed by atoms with Gasteiger partial charge in [-0.15, -0.1) is 0 Å². The molecule has 1 aromatic rings. The number of likely N-dealkylation sites (N-methyl/N-ethyl adjacent to an activating group) is 1. The molecule has 0 saturated heterocycles. The van der Waals surface area contributed by atoms with Gasteiger partial charge in [0, 0.05) is 6.54 Å². The van der Waals surface area contributed by atoms with Crippen molar-refractivity contribution in [3.8, 4) is 0 Å². The lowest BCUT2D eigenvalue weighted by molar-refractivity contribution is -0.148. The summed E-state index contributed by atoms with van der Waals surface area (Å²) >= 11 is 0. The first-order valence-electron chi connectivity index (χ1n) is 8.98. The molecule has 0 aromatic heterocycles. The van der Waals surface area contributed by atoms with Crippen LogP contribution in [0.4, 0.5) is 0 Å². The van der Waals surface area contributed by atoms with Crippen molar-refractivity contribution in [2.24, 2.45) is 0 Å². The minimum absolute atomic E-state index is 0.339. The molecule has 0 unspecified atom stereocenters. The van der Waals surface area contributed by atoms with Crippen molar-refractivity contribution in [1.29, 1.82) is 0 Å². The van der Waals surface area contributed by atoms with Gasteiger partial charge in [0.2, 0.25) is 0 Å². The number of hydrogen-bond acceptors (Lipinski definition) is 4. The zero-order chi connectivity index (χ0) is 17.4. The second-order valence-electron chi connectivity index (χ2n) is 6.20. The highest BCUT2D eigenvalue weighted by Gasteiger charge is 2.33. The third-order valence-corrected chi connectivity index (χ3v) is 4.73. The average Bonchev–Trinajstić information content (AvgIpc) is 3.14. The predicted octanol–water partition coefficient (Wildman–Crippen LogP) is 3.13. The number of rotatable bonds is 9. The summed E-state index contributed by atoms with van der Waals surface area (Å²) in [6, 6.07) is 9.46. The van der Waals surface area contributed by atoms with Crippen molar-refractivity contribution in [3.05, 3.63) is 47.5 Å². The Morgan fingerprint density at radius 2 is 1.96 bits per heavy atom. The largest absolute Gasteiger partial charge is 0.464 e. The first kappa shape index (κ1) is 18.7. The Balaban J connectivity index is 2.06. The van der Waals surface area contributed by atoms with Gasteiger partial charge < -0.3 is 14.7 Å². The van der Waals surface area contributed by atoms with Crippen LogP contribution in [0.15, 0.2) is 42.0 Å². The van der Waals surface area contributed by atoms with E-state index in [1.807, 2.05) is 30.3 Å². The van der Waals surface area contributed by atoms with E-state index in [9.17, 15) is 9.90 Å². The molecule has 2 atom stereocenters. The molecule has 0 amide bonds. The van der Waals surface area contributed by atoms with Crippen LogP contribution in [0.3, 0.4) is 0 Å². The van der Waals surface area contributed by atoms with E-state index in [0.29, 0.717) is 6.61 Å². The van der Waals surface area contributed by atoms with E-state index in [-0.39, 0.29) is 5.97 Å². The van der Waals surface area contributed by atoms with Crippen LogP contribution < -0.4 is 0 Å². The number of carbonyl (C=O) groups is 1. The molecular weight excluding hydrogens is 302 g/mol. The van der Waals surface area contributed by atoms with Crippen LogP contribution in [0.1, 0.15) is 44.6 Å². The summed E-state index contributed by atoms with van der Waals surface area (Å²) < 4.78 is 5.51. The Bertz CT molecular complexity index is 537. The predicted molar refractivity (Wildman–Crippen MR) is 95.9 cm³/mol. The number of hydrogen-bond donors (Lipinski definition) is 1. The molecule has 132 valence electrons. The minimum Gasteiger partial charge on any atom is -0.464 e. The zero-order valence-corrected chi connectivity index (χ0v) is 14.8. The van der Waals surface area contributed by atoms with Crippen LogP contribution in [0.2, 0.25) is 0 Å². The fourth-order valence-electron chi connectivity index (χ4n) is 3.19. The standard InChI is InChI=1S/C20H29NO3/c1-3-21(4-2)14-15-24-20(23)18(16-10-6-5-7-11-16)19(22)17-12-8-9-13-17/h5-7,10-12,18-19,22H,3-4,8-9,13-15H2,1-2H3/t18-,19+/m1/s1. The Hall–Kier alpha value is -1.65. The van der Waals surface area contributed by atoms with Crippen LogP contribution in [-0.4, -0.2) is 48.3 Å². The van der Waals surface area contributed by atoms with Crippen LogP contribution >= 0.6 is 0 Å². The second-order valence-corrected chi connectivity index (χ2v) is 6.20. The summed E-state index contributed by atoms with van der Waals surface area (Å²) in [7, 11) is 0. The van der Waals surface area contributed by atoms with Crippen LogP contribution in [0.5, 0.6) is 0 Å². The maximum Gasteiger partial charge on any atom is 0.316 e. The highest BCUT2D eigenvalue weighted by atomic mass is 16.5. The van der Waals surface area contributed by atoms with Gasteiger partial charge in [0.1, 0.15) is 12.5 Å². The first-order chi connectivity index (χ1) is 11.7. The number of esters is 1. The van der Waals surface area contributed by atoms with Gasteiger partial charge in [0.15, 0.2) is 0 Å². The van der Waals surface area contributed by atoms with Gasteiger partial charge in [0.05, 0.1) is 6.10 Å². The maximum atomic E-state index is 12.7. The van der Waals surface area contributed by atoms with Crippen molar-refractivity contribution in [2.45, 2.75) is 45.1 Å². The number of ether oxygens (including phenoxy) is 1. The molecule has 0 fully saturated rings. The Morgan fingerprint density at radius 1 is 1.25 bits per heavy atom. The molecule has 1 aliphatic rings. The van der Waals surface area contributed by atoms with Crippen molar-refractivity contribution in [2.75, 3.05) is 26.2 Å². The highest BCUT2D eigenvalue weighted by molar-refractivity contribution is 5.79. The number of aliphatic hydroxyl groups is 1. The monoisotopic (exact) mass is 331 g/mol. The summed E-state index contributed by atoms with van der Waals surface area (Å²) in [6.45, 7) is 7.13. The molecule has 1 N–H and O–H groups in total. The first-order valence-corrected chi connectivity index (χ1v) is 8.98. The molecule has 0 aliphatic heterocycles. The summed E-state index contributed by atoms with van der Waals surface area (Å²) in [5, 5.41) is 10.8. The molecule has 1 aromatic carbocycles. The lowest BCUT2D eigenvalue weighted by Crippen LogP contribution is -2.32. The van der Waals surface area contributed by atoms with Crippen LogP contribution in [0, 0.1) is 0 Å². The number of nitrogens with zero attached hydrogens (tertiary/aromatic N) is 1. The van der Waals surface area contributed by atoms with Crippen molar-refractivity contribution < 1.29 is 14.6 Å². The smallest absolute Gasteiger partial charge is 0.316 e. The zero-order valence-electron chi connectivity index (χ0n) is 14.8. The molecule has 4 nitrogen and oxygen atoms in total. The van der Waals surface area contributed by atoms with Gasteiger partial charge in [0.25, 0.3) is 0 Å². The lowest BCUT2D eigenvalue weighted by atomic mass is 9.88. The molecular formula is C20H29NO3. The average molecular weight is 331 g/mol. The number of aliphatic hydroxyl groups excluding tert-OH is 1. The number of carbonyl (C=O) groups excluding carboxylic acids is 1. The van der Waals surface area contributed by atoms with Crippen molar-refractivity contribution in [3.63, 3.8) is 0 Å². The normalized spacial score (nSPS) is 16.8. The molecule has 24 heavy (non-hydrogen) atoms. The van der Waals surface area contributed by atoms with Crippen molar-refractivity contribution >= 4 is 5.97 Å². The fourth-order valence-corrected chi connectivity index (χ4v) is 3.19. The van der Waals surface area contributed by atoms with Crippen molar-refractivity contribution in [1.82, 2.24) is 4.90 Å². The van der Waals surface area contributed by atoms with Gasteiger partial charge >= 0.3 is 5.97 Å². The van der Waals surface area contributed by atoms with E-state index in [1.165, 1.54) is 0 Å². The van der Waals surface area contributed by atoms with Gasteiger partial charge in [-0.2, -0.15) is 0 Å². The Morgan fingerprint density at radius 3 is 2.54 bits per heavy atom. The molecule has 0 radical (unpaired) electrons. The third-order valence-electron chi connectivity index (χ3n) is 4.73. The molecule has 2 rings (SSSR count). The summed E-state index contributed by atoms with van der Waals surface area (Å²) in [5.41, 5.74) is 1.77. The van der Waals surface area contributed by atoms with E-state index >= 15 is 0 Å². The molecule has 0 saturated carbocycles. The summed E-state index contributed by atoms with van der Waals surface area (Å²) in [4.78, 5) is 14.9. The van der Waals surface area contributed by atoms with Crippen LogP contribution in [0.25, 0.3) is 0 Å². The number of benzene rings is 1. The van der Waals surface area contributed by atoms with Gasteiger partial charge in [-0.05, 0) is 43.5 Å². The molecule has 0 bridgehead atoms. The van der Waals surface area contributed by atoms with E-state index in [0.717, 1.165) is 50.0 Å². The van der Waals surface area contributed by atoms with E-state index < -0.39 is 12.0 Å². The SMILES string of the molecule is CCN(CC)CCOC(=O)[C@H](c1ccccc1)[C@@H](O)C1=CCCC1. The topological polar surface area (TPSA) is 49.8 Å². The van der Waals surface area contributed by atoms with E-state index in [2.05, 4.69) is 24.8 Å². The number of allylic oxidation sites excluding steroid dienone is 1. The lowest BCUT2D eigenvalue weighted by Gasteiger charge is -2.24. The summed E-state index contributed by atoms with van der Waals surface area (Å²) in [6.07, 6.45) is 4.15. The Kier molecular flexibility index (Phi) is 7.47. The second kappa shape index (κ2) is 9.60. The van der Waals surface area contributed by atoms with Gasteiger partial charge in [-0.3, -0.25) is 4.79 Å². The van der Waals surface area contributed by atoms with Crippen LogP contribution in [-0.2, 0) is 9.53 Å². The van der Waals surface area contributed by atoms with E-state index in [1.54, 1.807) is 0 Å².